The standard InChI is InChI=1S/C18H30N2O/c1-14(16-6-8-18(21-5)9-7-16)13-20(4)17-10-11-19(3)15(2)12-17/h6-9,14-15,17H,10-13H2,1-5H3/t14-,15-,17-/m1/s1. The average molecular weight is 290 g/mol. The zero-order valence-corrected chi connectivity index (χ0v) is 14.2. The topological polar surface area (TPSA) is 15.7 Å². The minimum absolute atomic E-state index is 0.552. The Morgan fingerprint density at radius 1 is 1.33 bits per heavy atom. The Labute approximate surface area is 129 Å². The van der Waals surface area contributed by atoms with E-state index in [0.29, 0.717) is 12.0 Å². The molecular formula is C18H30N2O. The SMILES string of the molecule is COc1ccc([C@H](C)CN(C)[C@@H]2CCN(C)[C@H](C)C2)cc1. The number of benzene rings is 1. The van der Waals surface area contributed by atoms with Crippen LogP contribution in [0, 0.1) is 0 Å². The van der Waals surface area contributed by atoms with Crippen molar-refractivity contribution in [3.8, 4) is 5.75 Å². The number of likely N-dealkylation sites (tertiary alicyclic amines) is 1. The first-order chi connectivity index (χ1) is 10.0. The Morgan fingerprint density at radius 2 is 2.00 bits per heavy atom. The minimum Gasteiger partial charge on any atom is -0.497 e. The number of likely N-dealkylation sites (N-methyl/N-ethyl adjacent to an activating group) is 1. The van der Waals surface area contributed by atoms with E-state index in [-0.39, 0.29) is 0 Å². The van der Waals surface area contributed by atoms with E-state index in [1.165, 1.54) is 24.9 Å². The molecule has 1 aliphatic heterocycles. The third-order valence-electron chi connectivity index (χ3n) is 5.05. The molecule has 0 aliphatic carbocycles. The van der Waals surface area contributed by atoms with Gasteiger partial charge in [0.15, 0.2) is 0 Å². The van der Waals surface area contributed by atoms with Crippen LogP contribution in [0.4, 0.5) is 0 Å². The van der Waals surface area contributed by atoms with Crippen LogP contribution in [0.25, 0.3) is 0 Å². The molecule has 1 aliphatic rings. The van der Waals surface area contributed by atoms with Crippen LogP contribution in [-0.2, 0) is 0 Å². The highest BCUT2D eigenvalue weighted by Gasteiger charge is 2.26. The molecule has 1 aromatic rings. The van der Waals surface area contributed by atoms with Gasteiger partial charge in [-0.3, -0.25) is 0 Å². The van der Waals surface area contributed by atoms with Gasteiger partial charge in [0.05, 0.1) is 7.11 Å². The second-order valence-corrected chi connectivity index (χ2v) is 6.62. The summed E-state index contributed by atoms with van der Waals surface area (Å²) in [5.41, 5.74) is 1.39. The molecule has 1 saturated heterocycles. The van der Waals surface area contributed by atoms with E-state index in [0.717, 1.165) is 18.3 Å². The molecule has 0 saturated carbocycles. The molecule has 1 fully saturated rings. The fourth-order valence-corrected chi connectivity index (χ4v) is 3.28. The molecule has 118 valence electrons. The molecule has 1 heterocycles. The molecule has 0 spiro atoms. The van der Waals surface area contributed by atoms with Gasteiger partial charge in [0, 0.05) is 18.6 Å². The summed E-state index contributed by atoms with van der Waals surface area (Å²) in [7, 11) is 6.23. The lowest BCUT2D eigenvalue weighted by atomic mass is 9.95. The van der Waals surface area contributed by atoms with Gasteiger partial charge >= 0.3 is 0 Å². The van der Waals surface area contributed by atoms with Crippen LogP contribution in [0.2, 0.25) is 0 Å². The van der Waals surface area contributed by atoms with Gasteiger partial charge in [-0.05, 0) is 64.0 Å². The number of nitrogens with zero attached hydrogens (tertiary/aromatic N) is 2. The Hall–Kier alpha value is -1.06. The molecule has 3 atom stereocenters. The highest BCUT2D eigenvalue weighted by atomic mass is 16.5. The molecule has 2 rings (SSSR count). The number of hydrogen-bond acceptors (Lipinski definition) is 3. The second kappa shape index (κ2) is 7.28. The van der Waals surface area contributed by atoms with E-state index < -0.39 is 0 Å². The first kappa shape index (κ1) is 16.3. The van der Waals surface area contributed by atoms with E-state index in [1.807, 2.05) is 0 Å². The Kier molecular flexibility index (Phi) is 5.65. The van der Waals surface area contributed by atoms with Gasteiger partial charge in [-0.1, -0.05) is 19.1 Å². The van der Waals surface area contributed by atoms with Crippen molar-refractivity contribution in [2.45, 2.75) is 44.7 Å². The second-order valence-electron chi connectivity index (χ2n) is 6.62. The van der Waals surface area contributed by atoms with Crippen LogP contribution in [0.5, 0.6) is 5.75 Å². The van der Waals surface area contributed by atoms with Crippen molar-refractivity contribution in [1.29, 1.82) is 0 Å². The Bertz CT molecular complexity index is 431. The predicted molar refractivity (Wildman–Crippen MR) is 89.2 cm³/mol. The summed E-state index contributed by atoms with van der Waals surface area (Å²) in [6, 6.07) is 9.91. The summed E-state index contributed by atoms with van der Waals surface area (Å²) in [4.78, 5) is 5.02. The number of ether oxygens (including phenoxy) is 1. The van der Waals surface area contributed by atoms with E-state index >= 15 is 0 Å². The summed E-state index contributed by atoms with van der Waals surface area (Å²) >= 11 is 0. The van der Waals surface area contributed by atoms with Crippen molar-refractivity contribution >= 4 is 0 Å². The van der Waals surface area contributed by atoms with Crippen LogP contribution in [0.1, 0.15) is 38.2 Å². The van der Waals surface area contributed by atoms with Crippen molar-refractivity contribution in [2.75, 3.05) is 34.3 Å². The summed E-state index contributed by atoms with van der Waals surface area (Å²) in [5, 5.41) is 0. The molecule has 0 amide bonds. The van der Waals surface area contributed by atoms with Crippen molar-refractivity contribution in [3.63, 3.8) is 0 Å². The maximum Gasteiger partial charge on any atom is 0.118 e. The number of methoxy groups -OCH3 is 1. The molecular weight excluding hydrogens is 260 g/mol. The average Bonchev–Trinajstić information content (AvgIpc) is 2.50. The lowest BCUT2D eigenvalue weighted by Crippen LogP contribution is -2.47. The third-order valence-corrected chi connectivity index (χ3v) is 5.05. The zero-order valence-electron chi connectivity index (χ0n) is 14.2. The van der Waals surface area contributed by atoms with Crippen LogP contribution in [0.15, 0.2) is 24.3 Å². The normalized spacial score (nSPS) is 25.0. The smallest absolute Gasteiger partial charge is 0.118 e. The lowest BCUT2D eigenvalue weighted by molar-refractivity contribution is 0.102. The molecule has 0 aromatic heterocycles. The fourth-order valence-electron chi connectivity index (χ4n) is 3.28. The van der Waals surface area contributed by atoms with Crippen LogP contribution in [-0.4, -0.2) is 56.2 Å². The monoisotopic (exact) mass is 290 g/mol. The quantitative estimate of drug-likeness (QED) is 0.828. The molecule has 0 unspecified atom stereocenters. The first-order valence-corrected chi connectivity index (χ1v) is 8.05. The molecule has 3 nitrogen and oxygen atoms in total. The molecule has 21 heavy (non-hydrogen) atoms. The molecule has 0 radical (unpaired) electrons. The van der Waals surface area contributed by atoms with Gasteiger partial charge in [-0.15, -0.1) is 0 Å². The third kappa shape index (κ3) is 4.21. The number of piperidine rings is 1. The largest absolute Gasteiger partial charge is 0.497 e. The van der Waals surface area contributed by atoms with Crippen molar-refractivity contribution in [3.05, 3.63) is 29.8 Å². The highest BCUT2D eigenvalue weighted by molar-refractivity contribution is 5.29. The van der Waals surface area contributed by atoms with Crippen LogP contribution in [0.3, 0.4) is 0 Å². The Balaban J connectivity index is 1.90. The lowest BCUT2D eigenvalue weighted by Gasteiger charge is -2.40. The fraction of sp³-hybridized carbons (Fsp3) is 0.667. The molecule has 3 heteroatoms. The molecule has 0 N–H and O–H groups in total. The van der Waals surface area contributed by atoms with Gasteiger partial charge < -0.3 is 14.5 Å². The summed E-state index contributed by atoms with van der Waals surface area (Å²) in [6.45, 7) is 6.99. The zero-order chi connectivity index (χ0) is 15.4. The van der Waals surface area contributed by atoms with Gasteiger partial charge in [-0.2, -0.15) is 0 Å². The van der Waals surface area contributed by atoms with Gasteiger partial charge in [0.1, 0.15) is 5.75 Å². The van der Waals surface area contributed by atoms with Gasteiger partial charge in [-0.25, -0.2) is 0 Å². The highest BCUT2D eigenvalue weighted by Crippen LogP contribution is 2.24. The van der Waals surface area contributed by atoms with E-state index in [1.54, 1.807) is 7.11 Å². The van der Waals surface area contributed by atoms with Crippen LogP contribution >= 0.6 is 0 Å². The van der Waals surface area contributed by atoms with E-state index in [9.17, 15) is 0 Å². The summed E-state index contributed by atoms with van der Waals surface area (Å²) < 4.78 is 5.23. The maximum atomic E-state index is 5.23. The molecule has 0 bridgehead atoms. The molecule has 1 aromatic carbocycles. The first-order valence-electron chi connectivity index (χ1n) is 8.05. The van der Waals surface area contributed by atoms with Crippen molar-refractivity contribution in [1.82, 2.24) is 9.80 Å². The predicted octanol–water partition coefficient (Wildman–Crippen LogP) is 3.21. The minimum atomic E-state index is 0.552. The van der Waals surface area contributed by atoms with E-state index in [4.69, 9.17) is 4.74 Å². The Morgan fingerprint density at radius 3 is 2.57 bits per heavy atom. The van der Waals surface area contributed by atoms with Crippen molar-refractivity contribution < 1.29 is 4.74 Å². The summed E-state index contributed by atoms with van der Waals surface area (Å²) in [5.74, 6) is 1.49. The van der Waals surface area contributed by atoms with Gasteiger partial charge in [0.2, 0.25) is 0 Å². The number of rotatable bonds is 5. The number of hydrogen-bond donors (Lipinski definition) is 0. The van der Waals surface area contributed by atoms with Crippen molar-refractivity contribution in [2.24, 2.45) is 0 Å². The van der Waals surface area contributed by atoms with Crippen LogP contribution < -0.4 is 4.74 Å². The van der Waals surface area contributed by atoms with Gasteiger partial charge in [0.25, 0.3) is 0 Å². The maximum absolute atomic E-state index is 5.23. The summed E-state index contributed by atoms with van der Waals surface area (Å²) in [6.07, 6.45) is 2.56. The van der Waals surface area contributed by atoms with E-state index in [2.05, 4.69) is 62.0 Å².